The van der Waals surface area contributed by atoms with E-state index >= 15 is 0 Å². The highest BCUT2D eigenvalue weighted by Gasteiger charge is 2.30. The van der Waals surface area contributed by atoms with Crippen LogP contribution in [-0.4, -0.2) is 30.8 Å². The first-order valence-corrected chi connectivity index (χ1v) is 8.35. The number of benzene rings is 1. The highest BCUT2D eigenvalue weighted by Crippen LogP contribution is 2.33. The van der Waals surface area contributed by atoms with Crippen LogP contribution in [0.5, 0.6) is 5.75 Å². The molecule has 1 aromatic carbocycles. The lowest BCUT2D eigenvalue weighted by molar-refractivity contribution is -0.0447. The van der Waals surface area contributed by atoms with Crippen LogP contribution < -0.4 is 10.1 Å². The van der Waals surface area contributed by atoms with Crippen LogP contribution >= 0.6 is 0 Å². The van der Waals surface area contributed by atoms with Crippen molar-refractivity contribution in [1.29, 1.82) is 0 Å². The van der Waals surface area contributed by atoms with Gasteiger partial charge >= 0.3 is 0 Å². The van der Waals surface area contributed by atoms with E-state index in [9.17, 15) is 4.39 Å². The van der Waals surface area contributed by atoms with Gasteiger partial charge in [-0.05, 0) is 17.5 Å². The van der Waals surface area contributed by atoms with Gasteiger partial charge in [-0.15, -0.1) is 0 Å². The van der Waals surface area contributed by atoms with Crippen LogP contribution in [0.2, 0.25) is 0 Å². The van der Waals surface area contributed by atoms with Crippen molar-refractivity contribution >= 4 is 0 Å². The minimum atomic E-state index is -0.393. The first-order valence-electron chi connectivity index (χ1n) is 8.35. The van der Waals surface area contributed by atoms with Gasteiger partial charge in [-0.2, -0.15) is 0 Å². The number of nitrogens with one attached hydrogen (secondary N) is 1. The maximum Gasteiger partial charge on any atom is 0.177 e. The molecule has 1 aliphatic rings. The third kappa shape index (κ3) is 3.74. The molecule has 1 aromatic heterocycles. The number of nitrogens with zero attached hydrogens (tertiary/aromatic N) is 1. The number of hydrogen-bond acceptors (Lipinski definition) is 4. The summed E-state index contributed by atoms with van der Waals surface area (Å²) in [6, 6.07) is 11.1. The van der Waals surface area contributed by atoms with E-state index in [1.54, 1.807) is 0 Å². The van der Waals surface area contributed by atoms with E-state index in [-0.39, 0.29) is 17.8 Å². The molecule has 2 aromatic rings. The molecule has 0 bridgehead atoms. The monoisotopic (exact) mass is 330 g/mol. The second kappa shape index (κ2) is 7.73. The Balaban J connectivity index is 1.95. The largest absolute Gasteiger partial charge is 0.478 e. The van der Waals surface area contributed by atoms with Crippen LogP contribution in [0, 0.1) is 5.82 Å². The Labute approximate surface area is 142 Å². The van der Waals surface area contributed by atoms with Crippen LogP contribution in [0.4, 0.5) is 4.39 Å². The number of morpholine rings is 1. The molecule has 1 saturated heterocycles. The van der Waals surface area contributed by atoms with Crippen LogP contribution in [-0.2, 0) is 4.74 Å². The molecule has 1 fully saturated rings. The summed E-state index contributed by atoms with van der Waals surface area (Å²) in [5, 5.41) is 3.31. The van der Waals surface area contributed by atoms with E-state index in [1.165, 1.54) is 12.3 Å². The molecule has 5 heteroatoms. The molecule has 0 aliphatic carbocycles. The summed E-state index contributed by atoms with van der Waals surface area (Å²) in [6.45, 7) is 6.05. The number of rotatable bonds is 5. The maximum absolute atomic E-state index is 14.4. The Bertz CT molecular complexity index is 658. The van der Waals surface area contributed by atoms with Gasteiger partial charge in [-0.25, -0.2) is 4.39 Å². The molecule has 24 heavy (non-hydrogen) atoms. The molecule has 4 nitrogen and oxygen atoms in total. The maximum atomic E-state index is 14.4. The van der Waals surface area contributed by atoms with Gasteiger partial charge in [-0.3, -0.25) is 4.98 Å². The highest BCUT2D eigenvalue weighted by atomic mass is 19.1. The van der Waals surface area contributed by atoms with Crippen LogP contribution in [0.3, 0.4) is 0 Å². The predicted molar refractivity (Wildman–Crippen MR) is 90.7 cm³/mol. The topological polar surface area (TPSA) is 43.4 Å². The zero-order valence-corrected chi connectivity index (χ0v) is 14.0. The average Bonchev–Trinajstić information content (AvgIpc) is 2.62. The Morgan fingerprint density at radius 1 is 1.25 bits per heavy atom. The minimum absolute atomic E-state index is 0.0672. The van der Waals surface area contributed by atoms with Crippen LogP contribution in [0.15, 0.2) is 42.6 Å². The fourth-order valence-corrected chi connectivity index (χ4v) is 2.88. The fourth-order valence-electron chi connectivity index (χ4n) is 2.88. The van der Waals surface area contributed by atoms with E-state index in [1.807, 2.05) is 44.2 Å². The van der Waals surface area contributed by atoms with Gasteiger partial charge in [0.2, 0.25) is 0 Å². The molecule has 0 spiro atoms. The smallest absolute Gasteiger partial charge is 0.177 e. The second-order valence-corrected chi connectivity index (χ2v) is 6.22. The lowest BCUT2D eigenvalue weighted by atomic mass is 10.0. The number of pyridine rings is 1. The van der Waals surface area contributed by atoms with E-state index in [0.29, 0.717) is 18.8 Å². The first-order chi connectivity index (χ1) is 11.7. The zero-order valence-electron chi connectivity index (χ0n) is 14.0. The van der Waals surface area contributed by atoms with Crippen molar-refractivity contribution in [1.82, 2.24) is 10.3 Å². The summed E-state index contributed by atoms with van der Waals surface area (Å²) < 4.78 is 26.5. The quantitative estimate of drug-likeness (QED) is 0.912. The van der Waals surface area contributed by atoms with Gasteiger partial charge in [0.1, 0.15) is 6.10 Å². The van der Waals surface area contributed by atoms with Gasteiger partial charge in [-0.1, -0.05) is 44.2 Å². The summed E-state index contributed by atoms with van der Waals surface area (Å²) in [5.41, 5.74) is 1.59. The lowest BCUT2D eigenvalue weighted by Gasteiger charge is -2.32. The highest BCUT2D eigenvalue weighted by molar-refractivity contribution is 5.33. The van der Waals surface area contributed by atoms with Gasteiger partial charge < -0.3 is 14.8 Å². The van der Waals surface area contributed by atoms with Crippen molar-refractivity contribution in [3.8, 4) is 5.75 Å². The molecular weight excluding hydrogens is 307 g/mol. The molecular formula is C19H23FN2O2. The Morgan fingerprint density at radius 2 is 2.04 bits per heavy atom. The van der Waals surface area contributed by atoms with Gasteiger partial charge in [0.05, 0.1) is 12.3 Å². The molecule has 1 aliphatic heterocycles. The van der Waals surface area contributed by atoms with Gasteiger partial charge in [0, 0.05) is 19.3 Å². The Hall–Kier alpha value is -1.98. The second-order valence-electron chi connectivity index (χ2n) is 6.22. The Morgan fingerprint density at radius 3 is 2.71 bits per heavy atom. The molecule has 2 atom stereocenters. The van der Waals surface area contributed by atoms with E-state index in [2.05, 4.69) is 10.3 Å². The summed E-state index contributed by atoms with van der Waals surface area (Å²) >= 11 is 0. The SMILES string of the molecule is CC(C)c1nccc(F)c1O[C@@H](c1ccccc1)[C@@H]1CNCCO1. The van der Waals surface area contributed by atoms with Crippen molar-refractivity contribution < 1.29 is 13.9 Å². The van der Waals surface area contributed by atoms with Crippen molar-refractivity contribution in [3.63, 3.8) is 0 Å². The third-order valence-electron chi connectivity index (χ3n) is 4.10. The predicted octanol–water partition coefficient (Wildman–Crippen LogP) is 3.45. The van der Waals surface area contributed by atoms with Crippen molar-refractivity contribution in [2.24, 2.45) is 0 Å². The molecule has 128 valence electrons. The molecule has 0 amide bonds. The van der Waals surface area contributed by atoms with Crippen LogP contribution in [0.1, 0.15) is 37.1 Å². The number of hydrogen-bond donors (Lipinski definition) is 1. The average molecular weight is 330 g/mol. The standard InChI is InChI=1S/C19H23FN2O2/c1-13(2)17-19(15(20)8-9-22-17)24-18(14-6-4-3-5-7-14)16-12-21-10-11-23-16/h3-9,13,16,18,21H,10-12H2,1-2H3/t16-,18-/m0/s1. The zero-order chi connectivity index (χ0) is 16.9. The van der Waals surface area contributed by atoms with Crippen molar-refractivity contribution in [3.05, 3.63) is 59.7 Å². The molecule has 0 saturated carbocycles. The van der Waals surface area contributed by atoms with Crippen molar-refractivity contribution in [2.45, 2.75) is 32.0 Å². The van der Waals surface area contributed by atoms with Crippen molar-refractivity contribution in [2.75, 3.05) is 19.7 Å². The van der Waals surface area contributed by atoms with E-state index in [4.69, 9.17) is 9.47 Å². The third-order valence-corrected chi connectivity index (χ3v) is 4.10. The van der Waals surface area contributed by atoms with E-state index < -0.39 is 11.9 Å². The molecule has 0 unspecified atom stereocenters. The summed E-state index contributed by atoms with van der Waals surface area (Å²) in [6.07, 6.45) is 0.907. The minimum Gasteiger partial charge on any atom is -0.478 e. The Kier molecular flexibility index (Phi) is 5.43. The van der Waals surface area contributed by atoms with Gasteiger partial charge in [0.25, 0.3) is 0 Å². The summed E-state index contributed by atoms with van der Waals surface area (Å²) in [7, 11) is 0. The summed E-state index contributed by atoms with van der Waals surface area (Å²) in [5.74, 6) is -0.105. The van der Waals surface area contributed by atoms with Crippen LogP contribution in [0.25, 0.3) is 0 Å². The molecule has 0 radical (unpaired) electrons. The first kappa shape index (κ1) is 16.9. The van der Waals surface area contributed by atoms with E-state index in [0.717, 1.165) is 12.1 Å². The normalized spacial score (nSPS) is 19.2. The number of ether oxygens (including phenoxy) is 2. The lowest BCUT2D eigenvalue weighted by Crippen LogP contribution is -2.43. The fraction of sp³-hybridized carbons (Fsp3) is 0.421. The summed E-state index contributed by atoms with van der Waals surface area (Å²) in [4.78, 5) is 4.31. The number of aromatic nitrogens is 1. The number of halogens is 1. The van der Waals surface area contributed by atoms with Gasteiger partial charge in [0.15, 0.2) is 17.7 Å². The molecule has 3 rings (SSSR count). The molecule has 1 N–H and O–H groups in total. The molecule has 2 heterocycles.